The van der Waals surface area contributed by atoms with E-state index in [4.69, 9.17) is 0 Å². The number of benzene rings is 4. The van der Waals surface area contributed by atoms with Gasteiger partial charge in [-0.1, -0.05) is 91.0 Å². The Morgan fingerprint density at radius 3 is 1.68 bits per heavy atom. The summed E-state index contributed by atoms with van der Waals surface area (Å²) in [4.78, 5) is 18.5. The van der Waals surface area contributed by atoms with E-state index in [1.807, 2.05) is 44.4 Å². The van der Waals surface area contributed by atoms with Gasteiger partial charge in [-0.05, 0) is 34.9 Å². The minimum atomic E-state index is -0.0422. The summed E-state index contributed by atoms with van der Waals surface area (Å²) in [6.07, 6.45) is 0.373. The number of amides is 1. The van der Waals surface area contributed by atoms with E-state index in [2.05, 4.69) is 105 Å². The largest absolute Gasteiger partial charge is 0.388 e. The van der Waals surface area contributed by atoms with Crippen LogP contribution < -0.4 is 16.0 Å². The summed E-state index contributed by atoms with van der Waals surface area (Å²) in [7, 11) is 3.82. The molecule has 0 spiro atoms. The highest BCUT2D eigenvalue weighted by molar-refractivity contribution is 5.94. The number of nitrogens with zero attached hydrogens (tertiary/aromatic N) is 2. The smallest absolute Gasteiger partial charge is 0.226 e. The van der Waals surface area contributed by atoms with Crippen molar-refractivity contribution < 1.29 is 4.79 Å². The molecule has 1 fully saturated rings. The monoisotopic (exact) mass is 533 g/mol. The molecule has 4 aromatic carbocycles. The standard InChI is InChI=1S/C34H39N5O/c1-35-29-18-10-9-17-28(29)32(25-33(40)37-31-20-12-11-19-30(31)36-2)38-21-23-39(24-22-38)34(26-13-5-3-6-14-26)27-15-7-4-8-16-27/h3-20,32,34-36H,21-25H2,1-2H3,(H,37,40). The van der Waals surface area contributed by atoms with Crippen molar-refractivity contribution in [2.45, 2.75) is 18.5 Å². The van der Waals surface area contributed by atoms with Crippen molar-refractivity contribution in [3.63, 3.8) is 0 Å². The fourth-order valence-electron chi connectivity index (χ4n) is 5.83. The molecule has 1 aliphatic heterocycles. The lowest BCUT2D eigenvalue weighted by molar-refractivity contribution is -0.117. The summed E-state index contributed by atoms with van der Waals surface area (Å²) >= 11 is 0. The van der Waals surface area contributed by atoms with Gasteiger partial charge >= 0.3 is 0 Å². The molecule has 1 unspecified atom stereocenters. The number of rotatable bonds is 10. The minimum Gasteiger partial charge on any atom is -0.388 e. The summed E-state index contributed by atoms with van der Waals surface area (Å²) < 4.78 is 0. The van der Waals surface area contributed by atoms with Gasteiger partial charge < -0.3 is 16.0 Å². The van der Waals surface area contributed by atoms with Crippen molar-refractivity contribution in [3.05, 3.63) is 126 Å². The second-order valence-electron chi connectivity index (χ2n) is 10.2. The zero-order valence-corrected chi connectivity index (χ0v) is 23.4. The molecule has 3 N–H and O–H groups in total. The fourth-order valence-corrected chi connectivity index (χ4v) is 5.83. The van der Waals surface area contributed by atoms with E-state index < -0.39 is 0 Å². The van der Waals surface area contributed by atoms with Crippen LogP contribution in [0.3, 0.4) is 0 Å². The van der Waals surface area contributed by atoms with Gasteiger partial charge in [0, 0.05) is 58.4 Å². The van der Waals surface area contributed by atoms with E-state index >= 15 is 0 Å². The Hall–Kier alpha value is -4.13. The average molecular weight is 534 g/mol. The maximum atomic E-state index is 13.5. The molecule has 1 atom stereocenters. The Morgan fingerprint density at radius 2 is 1.10 bits per heavy atom. The molecule has 1 saturated heterocycles. The first kappa shape index (κ1) is 27.4. The second kappa shape index (κ2) is 13.3. The third kappa shape index (κ3) is 6.36. The molecular formula is C34H39N5O. The third-order valence-electron chi connectivity index (χ3n) is 7.82. The van der Waals surface area contributed by atoms with Crippen molar-refractivity contribution in [2.24, 2.45) is 0 Å². The molecule has 0 radical (unpaired) electrons. The number of hydrogen-bond acceptors (Lipinski definition) is 5. The molecule has 1 heterocycles. The van der Waals surface area contributed by atoms with Crippen molar-refractivity contribution >= 4 is 23.0 Å². The highest BCUT2D eigenvalue weighted by Gasteiger charge is 2.32. The lowest BCUT2D eigenvalue weighted by atomic mass is 9.95. The highest BCUT2D eigenvalue weighted by Crippen LogP contribution is 2.35. The van der Waals surface area contributed by atoms with E-state index in [-0.39, 0.29) is 18.0 Å². The number of nitrogens with one attached hydrogen (secondary N) is 3. The molecule has 0 aromatic heterocycles. The van der Waals surface area contributed by atoms with Crippen molar-refractivity contribution in [1.82, 2.24) is 9.80 Å². The lowest BCUT2D eigenvalue weighted by Crippen LogP contribution is -2.49. The Kier molecular flexibility index (Phi) is 9.11. The van der Waals surface area contributed by atoms with Crippen LogP contribution in [0.15, 0.2) is 109 Å². The van der Waals surface area contributed by atoms with E-state index in [1.54, 1.807) is 0 Å². The Balaban J connectivity index is 1.37. The van der Waals surface area contributed by atoms with Gasteiger partial charge in [0.1, 0.15) is 0 Å². The van der Waals surface area contributed by atoms with Crippen molar-refractivity contribution in [3.8, 4) is 0 Å². The number of carbonyl (C=O) groups excluding carboxylic acids is 1. The zero-order valence-electron chi connectivity index (χ0n) is 23.4. The topological polar surface area (TPSA) is 59.6 Å². The molecule has 1 aliphatic rings. The summed E-state index contributed by atoms with van der Waals surface area (Å²) in [6, 6.07) is 37.9. The molecule has 5 rings (SSSR count). The fraction of sp³-hybridized carbons (Fsp3) is 0.265. The molecule has 206 valence electrons. The molecule has 6 heteroatoms. The van der Waals surface area contributed by atoms with Gasteiger partial charge in [-0.2, -0.15) is 0 Å². The number of para-hydroxylation sites is 3. The lowest BCUT2D eigenvalue weighted by Gasteiger charge is -2.43. The molecular weight excluding hydrogens is 494 g/mol. The second-order valence-corrected chi connectivity index (χ2v) is 10.2. The molecule has 1 amide bonds. The normalized spacial score (nSPS) is 15.0. The molecule has 40 heavy (non-hydrogen) atoms. The van der Waals surface area contributed by atoms with Gasteiger partial charge in [0.2, 0.25) is 5.91 Å². The van der Waals surface area contributed by atoms with Gasteiger partial charge in [-0.15, -0.1) is 0 Å². The SMILES string of the molecule is CNc1ccccc1NC(=O)CC(c1ccccc1NC)N1CCN(C(c2ccccc2)c2ccccc2)CC1. The van der Waals surface area contributed by atoms with Crippen molar-refractivity contribution in [1.29, 1.82) is 0 Å². The maximum absolute atomic E-state index is 13.5. The first-order valence-corrected chi connectivity index (χ1v) is 14.1. The van der Waals surface area contributed by atoms with Gasteiger partial charge in [-0.25, -0.2) is 0 Å². The van der Waals surface area contributed by atoms with E-state index in [1.165, 1.54) is 11.1 Å². The Bertz CT molecular complexity index is 1330. The Morgan fingerprint density at radius 1 is 0.625 bits per heavy atom. The van der Waals surface area contributed by atoms with Crippen LogP contribution in [-0.4, -0.2) is 56.0 Å². The number of anilines is 3. The van der Waals surface area contributed by atoms with Crippen molar-refractivity contribution in [2.75, 3.05) is 56.2 Å². The van der Waals surface area contributed by atoms with Crippen LogP contribution in [0.5, 0.6) is 0 Å². The van der Waals surface area contributed by atoms with E-state index in [0.29, 0.717) is 6.42 Å². The maximum Gasteiger partial charge on any atom is 0.226 e. The zero-order chi connectivity index (χ0) is 27.7. The summed E-state index contributed by atoms with van der Waals surface area (Å²) in [5.41, 5.74) is 6.53. The molecule has 4 aromatic rings. The molecule has 0 saturated carbocycles. The van der Waals surface area contributed by atoms with Gasteiger partial charge in [0.25, 0.3) is 0 Å². The van der Waals surface area contributed by atoms with Gasteiger partial charge in [0.15, 0.2) is 0 Å². The Labute approximate surface area is 238 Å². The minimum absolute atomic E-state index is 0.00693. The van der Waals surface area contributed by atoms with E-state index in [9.17, 15) is 4.79 Å². The van der Waals surface area contributed by atoms with E-state index in [0.717, 1.165) is 48.8 Å². The van der Waals surface area contributed by atoms with Crippen LogP contribution in [0, 0.1) is 0 Å². The molecule has 0 aliphatic carbocycles. The number of carbonyl (C=O) groups is 1. The quantitative estimate of drug-likeness (QED) is 0.225. The molecule has 0 bridgehead atoms. The van der Waals surface area contributed by atoms with Gasteiger partial charge in [-0.3, -0.25) is 14.6 Å². The number of hydrogen-bond donors (Lipinski definition) is 3. The summed E-state index contributed by atoms with van der Waals surface area (Å²) in [5, 5.41) is 9.67. The number of piperazine rings is 1. The van der Waals surface area contributed by atoms with Crippen LogP contribution in [0.2, 0.25) is 0 Å². The van der Waals surface area contributed by atoms with Crippen LogP contribution in [0.4, 0.5) is 17.1 Å². The first-order valence-electron chi connectivity index (χ1n) is 14.1. The average Bonchev–Trinajstić information content (AvgIpc) is 3.02. The highest BCUT2D eigenvalue weighted by atomic mass is 16.1. The van der Waals surface area contributed by atoms with Gasteiger partial charge in [0.05, 0.1) is 17.4 Å². The van der Waals surface area contributed by atoms with Crippen LogP contribution in [0.1, 0.15) is 35.2 Å². The van der Waals surface area contributed by atoms with Crippen LogP contribution in [0.25, 0.3) is 0 Å². The predicted molar refractivity (Wildman–Crippen MR) is 166 cm³/mol. The van der Waals surface area contributed by atoms with Crippen LogP contribution >= 0.6 is 0 Å². The summed E-state index contributed by atoms with van der Waals surface area (Å²) in [5.74, 6) is 0.00693. The predicted octanol–water partition coefficient (Wildman–Crippen LogP) is 6.25. The summed E-state index contributed by atoms with van der Waals surface area (Å²) in [6.45, 7) is 3.58. The first-order chi connectivity index (χ1) is 19.7. The molecule has 6 nitrogen and oxygen atoms in total. The van der Waals surface area contributed by atoms with Crippen LogP contribution in [-0.2, 0) is 4.79 Å². The third-order valence-corrected chi connectivity index (χ3v) is 7.82.